The second kappa shape index (κ2) is 8.03. The number of carboxylic acid groups (broad SMARTS) is 1. The molecule has 1 heterocycles. The Hall–Kier alpha value is -1.84. The van der Waals surface area contributed by atoms with Crippen LogP contribution in [0.25, 0.3) is 17.5 Å². The fraction of sp³-hybridized carbons (Fsp3) is 0. The standard InChI is InChI=1S/C17H10ClIN2O3S/c18-12-5-3-11(4-6-12)15-20-21-17(24-15)25-14(16(22)23)9-10-1-7-13(19)8-2-10/h1-9H,(H,22,23)/b14-9-. The lowest BCUT2D eigenvalue weighted by Crippen LogP contribution is -1.96. The highest BCUT2D eigenvalue weighted by atomic mass is 127. The molecule has 1 aromatic heterocycles. The number of nitrogens with zero attached hydrogens (tertiary/aromatic N) is 2. The molecule has 25 heavy (non-hydrogen) atoms. The van der Waals surface area contributed by atoms with Gasteiger partial charge in [0.15, 0.2) is 0 Å². The van der Waals surface area contributed by atoms with E-state index in [0.29, 0.717) is 16.5 Å². The largest absolute Gasteiger partial charge is 0.477 e. The molecule has 0 fully saturated rings. The molecule has 0 aliphatic carbocycles. The molecule has 0 saturated heterocycles. The average Bonchev–Trinajstić information content (AvgIpc) is 3.05. The smallest absolute Gasteiger partial charge is 0.342 e. The number of carboxylic acids is 1. The van der Waals surface area contributed by atoms with Gasteiger partial charge in [0.2, 0.25) is 5.89 Å². The van der Waals surface area contributed by atoms with Gasteiger partial charge in [0.25, 0.3) is 5.22 Å². The minimum Gasteiger partial charge on any atom is -0.477 e. The Morgan fingerprint density at radius 2 is 1.80 bits per heavy atom. The maximum atomic E-state index is 11.5. The Balaban J connectivity index is 1.82. The van der Waals surface area contributed by atoms with E-state index in [1.165, 1.54) is 0 Å². The summed E-state index contributed by atoms with van der Waals surface area (Å²) in [6.07, 6.45) is 1.56. The van der Waals surface area contributed by atoms with E-state index in [9.17, 15) is 9.90 Å². The first kappa shape index (κ1) is 18.0. The number of carbonyl (C=O) groups is 1. The van der Waals surface area contributed by atoms with E-state index < -0.39 is 5.97 Å². The van der Waals surface area contributed by atoms with Gasteiger partial charge >= 0.3 is 5.97 Å². The fourth-order valence-electron chi connectivity index (χ4n) is 1.90. The Morgan fingerprint density at radius 3 is 2.44 bits per heavy atom. The second-order valence-corrected chi connectivity index (χ2v) is 7.52. The lowest BCUT2D eigenvalue weighted by atomic mass is 10.2. The summed E-state index contributed by atoms with van der Waals surface area (Å²) in [6, 6.07) is 14.4. The Morgan fingerprint density at radius 1 is 1.12 bits per heavy atom. The molecule has 0 unspecified atom stereocenters. The van der Waals surface area contributed by atoms with Crippen LogP contribution in [-0.4, -0.2) is 21.3 Å². The predicted octanol–water partition coefficient (Wildman–Crippen LogP) is 5.21. The normalized spacial score (nSPS) is 11.5. The third-order valence-corrected chi connectivity index (χ3v) is 4.90. The number of aromatic nitrogens is 2. The van der Waals surface area contributed by atoms with Gasteiger partial charge in [-0.3, -0.25) is 0 Å². The summed E-state index contributed by atoms with van der Waals surface area (Å²) in [5, 5.41) is 18.0. The molecular formula is C17H10ClIN2O3S. The van der Waals surface area contributed by atoms with Crippen molar-refractivity contribution >= 4 is 58.0 Å². The zero-order chi connectivity index (χ0) is 17.8. The number of benzene rings is 2. The maximum absolute atomic E-state index is 11.5. The van der Waals surface area contributed by atoms with E-state index in [1.807, 2.05) is 24.3 Å². The van der Waals surface area contributed by atoms with Crippen molar-refractivity contribution in [1.29, 1.82) is 0 Å². The summed E-state index contributed by atoms with van der Waals surface area (Å²) in [5.41, 5.74) is 1.49. The van der Waals surface area contributed by atoms with Crippen LogP contribution in [0.5, 0.6) is 0 Å². The van der Waals surface area contributed by atoms with Gasteiger partial charge in [-0.2, -0.15) is 0 Å². The van der Waals surface area contributed by atoms with Crippen LogP contribution in [-0.2, 0) is 4.79 Å². The summed E-state index contributed by atoms with van der Waals surface area (Å²) in [5.74, 6) is -0.757. The highest BCUT2D eigenvalue weighted by Gasteiger charge is 2.16. The first-order chi connectivity index (χ1) is 12.0. The first-order valence-electron chi connectivity index (χ1n) is 6.99. The summed E-state index contributed by atoms with van der Waals surface area (Å²) < 4.78 is 6.61. The topological polar surface area (TPSA) is 76.2 Å². The third-order valence-electron chi connectivity index (χ3n) is 3.07. The van der Waals surface area contributed by atoms with Gasteiger partial charge in [-0.25, -0.2) is 4.79 Å². The number of rotatable bonds is 5. The molecule has 2 aromatic carbocycles. The highest BCUT2D eigenvalue weighted by molar-refractivity contribution is 14.1. The molecule has 1 N–H and O–H groups in total. The van der Waals surface area contributed by atoms with Gasteiger partial charge in [0.05, 0.1) is 0 Å². The molecule has 0 aliphatic rings. The van der Waals surface area contributed by atoms with Crippen molar-refractivity contribution in [3.63, 3.8) is 0 Å². The van der Waals surface area contributed by atoms with Gasteiger partial charge in [0.1, 0.15) is 4.91 Å². The number of hydrogen-bond acceptors (Lipinski definition) is 5. The molecule has 0 amide bonds. The molecule has 8 heteroatoms. The van der Waals surface area contributed by atoms with Crippen molar-refractivity contribution in [1.82, 2.24) is 10.2 Å². The van der Waals surface area contributed by atoms with Crippen LogP contribution in [0, 0.1) is 3.57 Å². The lowest BCUT2D eigenvalue weighted by molar-refractivity contribution is -0.131. The zero-order valence-corrected chi connectivity index (χ0v) is 16.2. The van der Waals surface area contributed by atoms with Crippen LogP contribution < -0.4 is 0 Å². The first-order valence-corrected chi connectivity index (χ1v) is 9.26. The minimum absolute atomic E-state index is 0.0903. The third kappa shape index (κ3) is 4.83. The number of halogens is 2. The molecule has 5 nitrogen and oxygen atoms in total. The van der Waals surface area contributed by atoms with Crippen LogP contribution in [0.1, 0.15) is 5.56 Å². The summed E-state index contributed by atoms with van der Waals surface area (Å²) in [4.78, 5) is 11.6. The van der Waals surface area contributed by atoms with E-state index in [0.717, 1.165) is 20.9 Å². The zero-order valence-electron chi connectivity index (χ0n) is 12.5. The van der Waals surface area contributed by atoms with Crippen LogP contribution in [0.2, 0.25) is 5.02 Å². The van der Waals surface area contributed by atoms with Crippen LogP contribution in [0.3, 0.4) is 0 Å². The molecule has 126 valence electrons. The Kier molecular flexibility index (Phi) is 5.77. The van der Waals surface area contributed by atoms with Gasteiger partial charge in [0, 0.05) is 14.2 Å². The predicted molar refractivity (Wildman–Crippen MR) is 105 cm³/mol. The molecule has 0 spiro atoms. The number of aliphatic carboxylic acids is 1. The minimum atomic E-state index is -1.06. The van der Waals surface area contributed by atoms with Crippen molar-refractivity contribution in [2.75, 3.05) is 0 Å². The molecule has 0 saturated carbocycles. The van der Waals surface area contributed by atoms with E-state index >= 15 is 0 Å². The maximum Gasteiger partial charge on any atom is 0.342 e. The SMILES string of the molecule is O=C(O)/C(=C/c1ccc(I)cc1)Sc1nnc(-c2ccc(Cl)cc2)o1. The van der Waals surface area contributed by atoms with Gasteiger partial charge in [-0.15, -0.1) is 10.2 Å². The molecule has 0 bridgehead atoms. The number of thioether (sulfide) groups is 1. The monoisotopic (exact) mass is 484 g/mol. The van der Waals surface area contributed by atoms with Crippen molar-refractivity contribution < 1.29 is 14.3 Å². The summed E-state index contributed by atoms with van der Waals surface area (Å²) >= 11 is 8.95. The highest BCUT2D eigenvalue weighted by Crippen LogP contribution is 2.30. The summed E-state index contributed by atoms with van der Waals surface area (Å²) in [7, 11) is 0. The summed E-state index contributed by atoms with van der Waals surface area (Å²) in [6.45, 7) is 0. The van der Waals surface area contributed by atoms with E-state index in [1.54, 1.807) is 30.3 Å². The number of hydrogen-bond donors (Lipinski definition) is 1. The Bertz CT molecular complexity index is 924. The van der Waals surface area contributed by atoms with E-state index in [2.05, 4.69) is 32.8 Å². The van der Waals surface area contributed by atoms with Gasteiger partial charge < -0.3 is 9.52 Å². The van der Waals surface area contributed by atoms with E-state index in [4.69, 9.17) is 16.0 Å². The van der Waals surface area contributed by atoms with Crippen molar-refractivity contribution in [2.45, 2.75) is 5.22 Å². The van der Waals surface area contributed by atoms with Crippen LogP contribution in [0.15, 0.2) is 63.1 Å². The lowest BCUT2D eigenvalue weighted by Gasteiger charge is -1.99. The quantitative estimate of drug-likeness (QED) is 0.304. The molecule has 0 radical (unpaired) electrons. The van der Waals surface area contributed by atoms with E-state index in [-0.39, 0.29) is 10.1 Å². The van der Waals surface area contributed by atoms with Crippen molar-refractivity contribution in [2.24, 2.45) is 0 Å². The molecule has 3 aromatic rings. The second-order valence-electron chi connectivity index (χ2n) is 4.85. The van der Waals surface area contributed by atoms with Crippen molar-refractivity contribution in [3.8, 4) is 11.5 Å². The molecule has 3 rings (SSSR count). The molecule has 0 aliphatic heterocycles. The molecular weight excluding hydrogens is 475 g/mol. The van der Waals surface area contributed by atoms with Crippen molar-refractivity contribution in [3.05, 3.63) is 67.6 Å². The Labute approximate surface area is 166 Å². The molecule has 0 atom stereocenters. The van der Waals surface area contributed by atoms with Crippen LogP contribution in [0.4, 0.5) is 0 Å². The van der Waals surface area contributed by atoms with Gasteiger partial charge in [-0.05, 0) is 82.4 Å². The van der Waals surface area contributed by atoms with Crippen LogP contribution >= 0.6 is 46.0 Å². The average molecular weight is 485 g/mol. The fourth-order valence-corrected chi connectivity index (χ4v) is 3.06. The van der Waals surface area contributed by atoms with Gasteiger partial charge in [-0.1, -0.05) is 23.7 Å².